The molecule has 2 aromatic rings. The molecule has 0 aliphatic carbocycles. The monoisotopic (exact) mass is 369 g/mol. The van der Waals surface area contributed by atoms with Crippen LogP contribution in [-0.2, 0) is 0 Å². The molecule has 0 radical (unpaired) electrons. The van der Waals surface area contributed by atoms with E-state index in [0.29, 0.717) is 6.54 Å². The number of carbonyl (C=O) groups is 1. The van der Waals surface area contributed by atoms with Crippen LogP contribution in [0, 0.1) is 0 Å². The molecule has 2 N–H and O–H groups in total. The average Bonchev–Trinajstić information content (AvgIpc) is 2.71. The first-order valence-corrected chi connectivity index (χ1v) is 9.56. The summed E-state index contributed by atoms with van der Waals surface area (Å²) in [6, 6.07) is 17.9. The Morgan fingerprint density at radius 1 is 1.04 bits per heavy atom. The van der Waals surface area contributed by atoms with Crippen LogP contribution in [0.5, 0.6) is 5.75 Å². The highest BCUT2D eigenvalue weighted by atomic mass is 16.5. The molecular weight excluding hydrogens is 338 g/mol. The van der Waals surface area contributed by atoms with E-state index in [0.717, 1.165) is 30.0 Å². The van der Waals surface area contributed by atoms with Gasteiger partial charge < -0.3 is 15.4 Å². The van der Waals surface area contributed by atoms with Gasteiger partial charge in [0.25, 0.3) is 0 Å². The number of hydrogen-bond acceptors (Lipinski definition) is 3. The lowest BCUT2D eigenvalue weighted by Gasteiger charge is -2.30. The largest absolute Gasteiger partial charge is 0.497 e. The first-order valence-electron chi connectivity index (χ1n) is 9.56. The lowest BCUT2D eigenvalue weighted by molar-refractivity contribution is 0.205. The maximum atomic E-state index is 12.4. The van der Waals surface area contributed by atoms with Crippen molar-refractivity contribution in [1.29, 1.82) is 0 Å². The molecule has 0 aromatic heterocycles. The summed E-state index contributed by atoms with van der Waals surface area (Å²) < 4.78 is 5.36. The fourth-order valence-electron chi connectivity index (χ4n) is 3.23. The molecule has 0 aliphatic heterocycles. The summed E-state index contributed by atoms with van der Waals surface area (Å²) in [5.74, 6) is 0.826. The van der Waals surface area contributed by atoms with Gasteiger partial charge in [-0.1, -0.05) is 56.3 Å². The van der Waals surface area contributed by atoms with Crippen LogP contribution in [0.3, 0.4) is 0 Å². The highest BCUT2D eigenvalue weighted by Gasteiger charge is 2.20. The predicted octanol–water partition coefficient (Wildman–Crippen LogP) is 4.14. The van der Waals surface area contributed by atoms with Gasteiger partial charge in [0.15, 0.2) is 0 Å². The Labute approximate surface area is 162 Å². The summed E-state index contributed by atoms with van der Waals surface area (Å²) in [6.07, 6.45) is 0. The Hall–Kier alpha value is -2.53. The smallest absolute Gasteiger partial charge is 0.315 e. The zero-order valence-corrected chi connectivity index (χ0v) is 16.7. The van der Waals surface area contributed by atoms with Crippen molar-refractivity contribution < 1.29 is 9.53 Å². The molecule has 2 aromatic carbocycles. The summed E-state index contributed by atoms with van der Waals surface area (Å²) in [5.41, 5.74) is 2.22. The molecule has 0 saturated heterocycles. The minimum absolute atomic E-state index is 0.0464. The van der Waals surface area contributed by atoms with Crippen molar-refractivity contribution in [2.45, 2.75) is 32.9 Å². The second-order valence-electron chi connectivity index (χ2n) is 6.50. The molecule has 0 spiro atoms. The van der Waals surface area contributed by atoms with Crippen molar-refractivity contribution in [3.8, 4) is 5.75 Å². The molecule has 5 nitrogen and oxygen atoms in total. The minimum Gasteiger partial charge on any atom is -0.497 e. The van der Waals surface area contributed by atoms with E-state index in [-0.39, 0.29) is 18.1 Å². The summed E-state index contributed by atoms with van der Waals surface area (Å²) in [5, 5.41) is 6.04. The molecule has 0 fully saturated rings. The number of amides is 2. The van der Waals surface area contributed by atoms with Crippen LogP contribution in [-0.4, -0.2) is 37.7 Å². The van der Waals surface area contributed by atoms with Crippen molar-refractivity contribution in [1.82, 2.24) is 15.5 Å². The van der Waals surface area contributed by atoms with E-state index in [1.807, 2.05) is 55.5 Å². The topological polar surface area (TPSA) is 53.6 Å². The molecule has 2 amide bonds. The normalized spacial score (nSPS) is 13.1. The number of carbonyl (C=O) groups excluding carboxylic acids is 1. The van der Waals surface area contributed by atoms with Crippen LogP contribution in [0.4, 0.5) is 4.79 Å². The van der Waals surface area contributed by atoms with Gasteiger partial charge in [0.1, 0.15) is 5.75 Å². The number of urea groups is 1. The quantitative estimate of drug-likeness (QED) is 0.698. The lowest BCUT2D eigenvalue weighted by atomic mass is 10.0. The van der Waals surface area contributed by atoms with E-state index in [2.05, 4.69) is 35.4 Å². The molecule has 2 rings (SSSR count). The highest BCUT2D eigenvalue weighted by Crippen LogP contribution is 2.23. The number of methoxy groups -OCH3 is 1. The SMILES string of the molecule is CCN(CC)[C@H](CNC(=O)N[C@@H](C)c1ccccc1)c1cccc(OC)c1. The highest BCUT2D eigenvalue weighted by molar-refractivity contribution is 5.74. The van der Waals surface area contributed by atoms with Gasteiger partial charge in [0.2, 0.25) is 0 Å². The van der Waals surface area contributed by atoms with Gasteiger partial charge >= 0.3 is 6.03 Å². The van der Waals surface area contributed by atoms with Crippen molar-refractivity contribution in [2.24, 2.45) is 0 Å². The van der Waals surface area contributed by atoms with E-state index in [1.54, 1.807) is 7.11 Å². The Kier molecular flexibility index (Phi) is 8.14. The Balaban J connectivity index is 2.03. The number of likely N-dealkylation sites (N-methyl/N-ethyl adjacent to an activating group) is 1. The Bertz CT molecular complexity index is 702. The molecule has 0 unspecified atom stereocenters. The second kappa shape index (κ2) is 10.6. The van der Waals surface area contributed by atoms with Crippen LogP contribution in [0.15, 0.2) is 54.6 Å². The van der Waals surface area contributed by atoms with Gasteiger partial charge in [0.05, 0.1) is 19.2 Å². The van der Waals surface area contributed by atoms with Crippen molar-refractivity contribution in [2.75, 3.05) is 26.7 Å². The summed E-state index contributed by atoms with van der Waals surface area (Å²) in [4.78, 5) is 14.7. The first kappa shape index (κ1) is 20.8. The molecule has 2 atom stereocenters. The zero-order valence-electron chi connectivity index (χ0n) is 16.7. The summed E-state index contributed by atoms with van der Waals surface area (Å²) in [6.45, 7) is 8.59. The second-order valence-corrected chi connectivity index (χ2v) is 6.50. The van der Waals surface area contributed by atoms with Gasteiger partial charge in [-0.05, 0) is 43.3 Å². The van der Waals surface area contributed by atoms with Gasteiger partial charge in [0, 0.05) is 6.54 Å². The maximum Gasteiger partial charge on any atom is 0.315 e. The van der Waals surface area contributed by atoms with E-state index >= 15 is 0 Å². The van der Waals surface area contributed by atoms with E-state index in [1.165, 1.54) is 0 Å². The molecule has 27 heavy (non-hydrogen) atoms. The zero-order chi connectivity index (χ0) is 19.6. The van der Waals surface area contributed by atoms with Crippen LogP contribution < -0.4 is 15.4 Å². The Morgan fingerprint density at radius 2 is 1.70 bits per heavy atom. The third-order valence-corrected chi connectivity index (χ3v) is 4.83. The van der Waals surface area contributed by atoms with Crippen LogP contribution in [0.25, 0.3) is 0 Å². The number of benzene rings is 2. The van der Waals surface area contributed by atoms with Crippen molar-refractivity contribution >= 4 is 6.03 Å². The van der Waals surface area contributed by atoms with Crippen molar-refractivity contribution in [3.63, 3.8) is 0 Å². The maximum absolute atomic E-state index is 12.4. The minimum atomic E-state index is -0.161. The average molecular weight is 370 g/mol. The Morgan fingerprint density at radius 3 is 2.33 bits per heavy atom. The molecule has 146 valence electrons. The lowest BCUT2D eigenvalue weighted by Crippen LogP contribution is -2.42. The number of rotatable bonds is 9. The molecule has 0 heterocycles. The number of hydrogen-bond donors (Lipinski definition) is 2. The van der Waals surface area contributed by atoms with Gasteiger partial charge in [-0.25, -0.2) is 4.79 Å². The fraction of sp³-hybridized carbons (Fsp3) is 0.409. The predicted molar refractivity (Wildman–Crippen MR) is 110 cm³/mol. The summed E-state index contributed by atoms with van der Waals surface area (Å²) in [7, 11) is 1.67. The molecular formula is C22H31N3O2. The van der Waals surface area contributed by atoms with E-state index in [9.17, 15) is 4.79 Å². The fourth-order valence-corrected chi connectivity index (χ4v) is 3.23. The van der Waals surface area contributed by atoms with Gasteiger partial charge in [-0.15, -0.1) is 0 Å². The number of nitrogens with zero attached hydrogens (tertiary/aromatic N) is 1. The summed E-state index contributed by atoms with van der Waals surface area (Å²) >= 11 is 0. The third kappa shape index (κ3) is 6.00. The van der Waals surface area contributed by atoms with Gasteiger partial charge in [-0.2, -0.15) is 0 Å². The molecule has 0 saturated carbocycles. The molecule has 0 bridgehead atoms. The number of nitrogens with one attached hydrogen (secondary N) is 2. The standard InChI is InChI=1S/C22H31N3O2/c1-5-25(6-2)21(19-13-10-14-20(15-19)27-4)16-23-22(26)24-17(3)18-11-8-7-9-12-18/h7-15,17,21H,5-6,16H2,1-4H3,(H2,23,24,26)/t17-,21+/m0/s1. The van der Waals surface area contributed by atoms with Crippen LogP contribution in [0.2, 0.25) is 0 Å². The molecule has 0 aliphatic rings. The third-order valence-electron chi connectivity index (χ3n) is 4.83. The van der Waals surface area contributed by atoms with E-state index in [4.69, 9.17) is 4.74 Å². The molecule has 5 heteroatoms. The van der Waals surface area contributed by atoms with Crippen molar-refractivity contribution in [3.05, 3.63) is 65.7 Å². The van der Waals surface area contributed by atoms with E-state index < -0.39 is 0 Å². The first-order chi connectivity index (χ1) is 13.1. The van der Waals surface area contributed by atoms with Crippen LogP contribution in [0.1, 0.15) is 44.0 Å². The van der Waals surface area contributed by atoms with Crippen LogP contribution >= 0.6 is 0 Å². The van der Waals surface area contributed by atoms with Gasteiger partial charge in [-0.3, -0.25) is 4.90 Å². The number of ether oxygens (including phenoxy) is 1.